The first kappa shape index (κ1) is 11.3. The van der Waals surface area contributed by atoms with E-state index < -0.39 is 5.60 Å². The molecule has 0 radical (unpaired) electrons. The highest BCUT2D eigenvalue weighted by Crippen LogP contribution is 2.20. The lowest BCUT2D eigenvalue weighted by atomic mass is 10.1. The van der Waals surface area contributed by atoms with Crippen LogP contribution in [0.15, 0.2) is 24.3 Å². The molecule has 0 unspecified atom stereocenters. The van der Waals surface area contributed by atoms with Gasteiger partial charge in [0, 0.05) is 5.02 Å². The van der Waals surface area contributed by atoms with Crippen LogP contribution in [-0.2, 0) is 0 Å². The van der Waals surface area contributed by atoms with Crippen LogP contribution in [0.3, 0.4) is 0 Å². The molecule has 0 saturated heterocycles. The third kappa shape index (κ3) is 2.86. The molecule has 4 heteroatoms. The van der Waals surface area contributed by atoms with Gasteiger partial charge >= 0.3 is 0 Å². The van der Waals surface area contributed by atoms with Gasteiger partial charge in [0.25, 0.3) is 0 Å². The highest BCUT2D eigenvalue weighted by molar-refractivity contribution is 7.80. The summed E-state index contributed by atoms with van der Waals surface area (Å²) in [5, 5.41) is 0.672. The third-order valence-corrected chi connectivity index (χ3v) is 2.52. The number of rotatable bonds is 3. The van der Waals surface area contributed by atoms with Crippen molar-refractivity contribution in [3.8, 4) is 5.75 Å². The smallest absolute Gasteiger partial charge is 0.153 e. The summed E-state index contributed by atoms with van der Waals surface area (Å²) in [6, 6.07) is 7.07. The number of hydrogen-bond donors (Lipinski definition) is 1. The number of thiocarbonyl (C=S) groups is 1. The van der Waals surface area contributed by atoms with E-state index in [1.165, 1.54) is 0 Å². The molecule has 0 saturated carbocycles. The lowest BCUT2D eigenvalue weighted by Crippen LogP contribution is -2.41. The Morgan fingerprint density at radius 2 is 1.86 bits per heavy atom. The molecule has 0 aromatic heterocycles. The fourth-order valence-corrected chi connectivity index (χ4v) is 1.02. The van der Waals surface area contributed by atoms with Crippen molar-refractivity contribution < 1.29 is 4.74 Å². The fourth-order valence-electron chi connectivity index (χ4n) is 0.848. The molecule has 0 heterocycles. The Morgan fingerprint density at radius 1 is 1.36 bits per heavy atom. The summed E-state index contributed by atoms with van der Waals surface area (Å²) in [5.41, 5.74) is 4.89. The van der Waals surface area contributed by atoms with E-state index in [1.54, 1.807) is 24.3 Å². The van der Waals surface area contributed by atoms with Gasteiger partial charge in [-0.1, -0.05) is 23.8 Å². The number of hydrogen-bond acceptors (Lipinski definition) is 2. The summed E-state index contributed by atoms with van der Waals surface area (Å²) >= 11 is 10.6. The van der Waals surface area contributed by atoms with Crippen LogP contribution >= 0.6 is 23.8 Å². The molecule has 76 valence electrons. The van der Waals surface area contributed by atoms with Crippen molar-refractivity contribution in [3.05, 3.63) is 29.3 Å². The second-order valence-electron chi connectivity index (χ2n) is 3.43. The van der Waals surface area contributed by atoms with Gasteiger partial charge < -0.3 is 10.5 Å². The maximum absolute atomic E-state index is 5.74. The molecule has 1 aromatic carbocycles. The van der Waals surface area contributed by atoms with E-state index in [1.807, 2.05) is 13.8 Å². The minimum Gasteiger partial charge on any atom is -0.481 e. The van der Waals surface area contributed by atoms with E-state index in [9.17, 15) is 0 Å². The van der Waals surface area contributed by atoms with E-state index in [0.29, 0.717) is 15.8 Å². The second-order valence-corrected chi connectivity index (χ2v) is 4.31. The van der Waals surface area contributed by atoms with Gasteiger partial charge in [-0.15, -0.1) is 0 Å². The van der Waals surface area contributed by atoms with Crippen LogP contribution in [-0.4, -0.2) is 10.6 Å². The topological polar surface area (TPSA) is 35.2 Å². The molecule has 0 bridgehead atoms. The summed E-state index contributed by atoms with van der Waals surface area (Å²) in [7, 11) is 0. The second kappa shape index (κ2) is 4.15. The average molecular weight is 230 g/mol. The van der Waals surface area contributed by atoms with Crippen molar-refractivity contribution in [2.45, 2.75) is 19.4 Å². The molecule has 0 fully saturated rings. The molecule has 2 nitrogen and oxygen atoms in total. The summed E-state index contributed by atoms with van der Waals surface area (Å²) in [4.78, 5) is 0.326. The van der Waals surface area contributed by atoms with Gasteiger partial charge in [-0.2, -0.15) is 0 Å². The summed E-state index contributed by atoms with van der Waals surface area (Å²) in [6.07, 6.45) is 0. The first-order valence-electron chi connectivity index (χ1n) is 4.16. The summed E-state index contributed by atoms with van der Waals surface area (Å²) < 4.78 is 5.59. The van der Waals surface area contributed by atoms with Crippen molar-refractivity contribution >= 4 is 28.8 Å². The van der Waals surface area contributed by atoms with Crippen LogP contribution in [0.4, 0.5) is 0 Å². The van der Waals surface area contributed by atoms with Gasteiger partial charge in [0.1, 0.15) is 10.7 Å². The van der Waals surface area contributed by atoms with Gasteiger partial charge in [0.15, 0.2) is 5.60 Å². The zero-order chi connectivity index (χ0) is 10.8. The Morgan fingerprint density at radius 3 is 2.29 bits per heavy atom. The summed E-state index contributed by atoms with van der Waals surface area (Å²) in [5.74, 6) is 0.701. The number of benzene rings is 1. The Kier molecular flexibility index (Phi) is 3.34. The number of halogens is 1. The Labute approximate surface area is 94.0 Å². The van der Waals surface area contributed by atoms with Gasteiger partial charge in [0.2, 0.25) is 0 Å². The predicted octanol–water partition coefficient (Wildman–Crippen LogP) is 2.78. The van der Waals surface area contributed by atoms with Crippen LogP contribution < -0.4 is 10.5 Å². The normalized spacial score (nSPS) is 11.1. The van der Waals surface area contributed by atoms with Crippen molar-refractivity contribution in [1.29, 1.82) is 0 Å². The SMILES string of the molecule is CC(C)(Oc1ccc(Cl)cc1)C(N)=S. The highest BCUT2D eigenvalue weighted by Gasteiger charge is 2.23. The molecule has 0 atom stereocenters. The largest absolute Gasteiger partial charge is 0.481 e. The van der Waals surface area contributed by atoms with E-state index in [0.717, 1.165) is 0 Å². The molecular weight excluding hydrogens is 218 g/mol. The molecule has 1 rings (SSSR count). The van der Waals surface area contributed by atoms with Crippen LogP contribution in [0.25, 0.3) is 0 Å². The molecule has 1 aromatic rings. The Hall–Kier alpha value is -0.800. The van der Waals surface area contributed by atoms with Crippen LogP contribution in [0.2, 0.25) is 5.02 Å². The van der Waals surface area contributed by atoms with E-state index in [2.05, 4.69) is 0 Å². The standard InChI is InChI=1S/C10H12ClNOS/c1-10(2,9(12)14)13-8-5-3-7(11)4-6-8/h3-6H,1-2H3,(H2,12,14). The van der Waals surface area contributed by atoms with E-state index in [4.69, 9.17) is 34.3 Å². The fraction of sp³-hybridized carbons (Fsp3) is 0.300. The minimum atomic E-state index is -0.636. The van der Waals surface area contributed by atoms with E-state index >= 15 is 0 Å². The maximum Gasteiger partial charge on any atom is 0.153 e. The number of nitrogens with two attached hydrogens (primary N) is 1. The zero-order valence-electron chi connectivity index (χ0n) is 8.08. The monoisotopic (exact) mass is 229 g/mol. The summed E-state index contributed by atoms with van der Waals surface area (Å²) in [6.45, 7) is 3.65. The molecule has 0 aliphatic rings. The minimum absolute atomic E-state index is 0.326. The first-order valence-corrected chi connectivity index (χ1v) is 4.95. The van der Waals surface area contributed by atoms with Gasteiger partial charge in [-0.25, -0.2) is 0 Å². The molecule has 0 aliphatic carbocycles. The predicted molar refractivity (Wildman–Crippen MR) is 62.9 cm³/mol. The third-order valence-electron chi connectivity index (χ3n) is 1.78. The average Bonchev–Trinajstić information content (AvgIpc) is 2.08. The zero-order valence-corrected chi connectivity index (χ0v) is 9.65. The molecule has 0 spiro atoms. The first-order chi connectivity index (χ1) is 6.42. The van der Waals surface area contributed by atoms with Crippen molar-refractivity contribution in [3.63, 3.8) is 0 Å². The lowest BCUT2D eigenvalue weighted by molar-refractivity contribution is 0.184. The van der Waals surface area contributed by atoms with E-state index in [-0.39, 0.29) is 0 Å². The molecule has 0 amide bonds. The quantitative estimate of drug-likeness (QED) is 0.810. The number of ether oxygens (including phenoxy) is 1. The maximum atomic E-state index is 5.74. The van der Waals surface area contributed by atoms with Gasteiger partial charge in [-0.3, -0.25) is 0 Å². The van der Waals surface area contributed by atoms with Crippen LogP contribution in [0.5, 0.6) is 5.75 Å². The molecule has 14 heavy (non-hydrogen) atoms. The lowest BCUT2D eigenvalue weighted by Gasteiger charge is -2.24. The molecule has 2 N–H and O–H groups in total. The van der Waals surface area contributed by atoms with Crippen LogP contribution in [0.1, 0.15) is 13.8 Å². The van der Waals surface area contributed by atoms with Crippen molar-refractivity contribution in [2.24, 2.45) is 5.73 Å². The highest BCUT2D eigenvalue weighted by atomic mass is 35.5. The Bertz CT molecular complexity index is 334. The van der Waals surface area contributed by atoms with Crippen LogP contribution in [0, 0.1) is 0 Å². The van der Waals surface area contributed by atoms with Gasteiger partial charge in [-0.05, 0) is 38.1 Å². The molecular formula is C10H12ClNOS. The van der Waals surface area contributed by atoms with Crippen molar-refractivity contribution in [1.82, 2.24) is 0 Å². The van der Waals surface area contributed by atoms with Gasteiger partial charge in [0.05, 0.1) is 0 Å². The Balaban J connectivity index is 2.79. The molecule has 0 aliphatic heterocycles. The van der Waals surface area contributed by atoms with Crippen molar-refractivity contribution in [2.75, 3.05) is 0 Å².